The number of nitriles is 2. The number of hydrogen-bond donors (Lipinski definition) is 6. The minimum Gasteiger partial charge on any atom is -0.870 e. The van der Waals surface area contributed by atoms with Crippen LogP contribution in [0.4, 0.5) is 11.4 Å². The summed E-state index contributed by atoms with van der Waals surface area (Å²) in [6.45, 7) is 9.91. The zero-order valence-electron chi connectivity index (χ0n) is 62.1. The topological polar surface area (TPSA) is 433 Å². The van der Waals surface area contributed by atoms with Crippen LogP contribution in [0.15, 0.2) is 233 Å². The van der Waals surface area contributed by atoms with Crippen molar-refractivity contribution in [2.45, 2.75) is 34.6 Å². The van der Waals surface area contributed by atoms with Crippen molar-refractivity contribution in [3.63, 3.8) is 0 Å². The molecule has 0 saturated carbocycles. The number of nitrogen functional groups attached to an aromatic ring is 1. The molecule has 0 unspecified atom stereocenters. The molecule has 116 heavy (non-hydrogen) atoms. The van der Waals surface area contributed by atoms with Gasteiger partial charge in [0.05, 0.1) is 124 Å². The van der Waals surface area contributed by atoms with Crippen molar-refractivity contribution in [3.8, 4) is 60.9 Å². The molecule has 8 aromatic heterocycles. The molecule has 39 heteroatoms. The normalized spacial score (nSPS) is 10.1. The summed E-state index contributed by atoms with van der Waals surface area (Å²) in [6, 6.07) is 56.9. The number of esters is 3. The average molecular weight is 1760 g/mol. The maximum absolute atomic E-state index is 11.7. The number of hydrogen-bond acceptors (Lipinski definition) is 28. The van der Waals surface area contributed by atoms with Crippen LogP contribution in [0.1, 0.15) is 122 Å². The number of carboxylic acids is 2. The van der Waals surface area contributed by atoms with E-state index in [9.17, 15) is 48.7 Å². The second-order valence-electron chi connectivity index (χ2n) is 21.8. The number of aromatic carboxylic acids is 2. The summed E-state index contributed by atoms with van der Waals surface area (Å²) < 4.78 is 32.4. The van der Waals surface area contributed by atoms with E-state index in [-0.39, 0.29) is 59.2 Å². The Hall–Kier alpha value is -11.0. The Morgan fingerprint density at radius 3 is 1.13 bits per heavy atom. The first-order valence-corrected chi connectivity index (χ1v) is 42.1. The Morgan fingerprint density at radius 2 is 0.828 bits per heavy atom. The second-order valence-corrected chi connectivity index (χ2v) is 33.4. The molecule has 0 aliphatic heterocycles. The van der Waals surface area contributed by atoms with Crippen molar-refractivity contribution in [1.82, 2.24) is 29.3 Å². The van der Waals surface area contributed by atoms with Gasteiger partial charge in [-0.15, -0.1) is 56.7 Å². The fraction of sp³-hybridized carbons (Fsp3) is 0.104. The van der Waals surface area contributed by atoms with Gasteiger partial charge in [-0.25, -0.2) is 38.0 Å². The quantitative estimate of drug-likeness (QED) is 0.00475. The molecule has 0 amide bonds. The number of nitrogens with two attached hydrogens (primary N) is 2. The van der Waals surface area contributed by atoms with Crippen molar-refractivity contribution >= 4 is 166 Å². The number of benzene rings is 5. The third-order valence-electron chi connectivity index (χ3n) is 14.3. The van der Waals surface area contributed by atoms with Crippen LogP contribution in [0.5, 0.6) is 0 Å². The number of carbonyl (C=O) groups excluding carboxylic acids is 5. The van der Waals surface area contributed by atoms with Crippen LogP contribution in [0, 0.1) is 22.7 Å². The molecule has 13 rings (SSSR count). The van der Waals surface area contributed by atoms with E-state index >= 15 is 0 Å². The minimum atomic E-state index is -3.22. The van der Waals surface area contributed by atoms with Gasteiger partial charge >= 0.3 is 53.9 Å². The number of rotatable bonds is 20. The molecule has 28 nitrogen and oxygen atoms in total. The predicted molar refractivity (Wildman–Crippen MR) is 451 cm³/mol. The van der Waals surface area contributed by atoms with Gasteiger partial charge in [0.25, 0.3) is 0 Å². The number of halogens is 4. The summed E-state index contributed by atoms with van der Waals surface area (Å²) in [5, 5.41) is 60.1. The van der Waals surface area contributed by atoms with Crippen molar-refractivity contribution < 1.29 is 91.3 Å². The number of aromatic nitrogens is 6. The van der Waals surface area contributed by atoms with Crippen LogP contribution in [-0.4, -0.2) is 112 Å². The Kier molecular flexibility index (Phi) is 42.9. The number of ketones is 1. The number of carbonyl (C=O) groups is 7. The maximum atomic E-state index is 11.7. The van der Waals surface area contributed by atoms with Gasteiger partial charge in [-0.2, -0.15) is 41.2 Å². The van der Waals surface area contributed by atoms with E-state index in [1.165, 1.54) is 69.6 Å². The SMILES string of the molecule is CC(=O)c1cccs1.CCOC(=O)c1ccc(-n2cc(C#N)c(-c3cccs3)n2)cc1.CCOC(=O)c1ccc(-n2cc(C=O)c(-c3cccs3)n2)cc1.CCOC(=O)c1ccc(N/N=C(\C)c2cccs2)cc1.N#Cc1cn(-c2ccc(C(=O)O)cc2)nc1-c1cccs1.NNc1ccc(C(=O)O)cc1.NOCl.O=P(Cl)(Cl)Cl.[Li+].[OH-]. The van der Waals surface area contributed by atoms with Gasteiger partial charge < -0.3 is 35.3 Å². The smallest absolute Gasteiger partial charge is 0.870 e. The number of nitrogens with one attached hydrogen (secondary N) is 2. The van der Waals surface area contributed by atoms with Gasteiger partial charge in [0.2, 0.25) is 0 Å². The molecular formula is C77H69Cl4LiN13O15PS5. The zero-order chi connectivity index (χ0) is 83.1. The van der Waals surface area contributed by atoms with E-state index < -0.39 is 17.1 Å². The Bertz CT molecular complexity index is 5370. The van der Waals surface area contributed by atoms with Crippen LogP contribution >= 0.6 is 107 Å². The summed E-state index contributed by atoms with van der Waals surface area (Å²) in [7, 11) is 0. The van der Waals surface area contributed by atoms with Crippen LogP contribution in [0.3, 0.4) is 0 Å². The van der Waals surface area contributed by atoms with Crippen LogP contribution in [-0.2, 0) is 23.2 Å². The molecule has 0 aliphatic carbocycles. The molecule has 0 fully saturated rings. The number of hydrazine groups is 1. The van der Waals surface area contributed by atoms with Gasteiger partial charge in [0, 0.05) is 29.2 Å². The first-order chi connectivity index (χ1) is 54.8. The third-order valence-corrected chi connectivity index (χ3v) is 18.8. The van der Waals surface area contributed by atoms with Gasteiger partial charge in [-0.3, -0.25) is 25.4 Å². The fourth-order valence-electron chi connectivity index (χ4n) is 9.03. The third kappa shape index (κ3) is 31.7. The van der Waals surface area contributed by atoms with Gasteiger partial charge in [-0.05, 0) is 247 Å². The first-order valence-electron chi connectivity index (χ1n) is 33.0. The van der Waals surface area contributed by atoms with E-state index in [0.717, 1.165) is 53.4 Å². The number of carboxylic acid groups (broad SMARTS) is 2. The number of ether oxygens (including phenoxy) is 3. The van der Waals surface area contributed by atoms with E-state index in [1.807, 2.05) is 94.5 Å². The minimum absolute atomic E-state index is 0. The summed E-state index contributed by atoms with van der Waals surface area (Å²) >= 11 is 25.8. The number of thiophene rings is 5. The molecule has 0 spiro atoms. The second kappa shape index (κ2) is 51.1. The molecule has 0 atom stereocenters. The number of hydrazone groups is 1. The van der Waals surface area contributed by atoms with Crippen molar-refractivity contribution in [2.24, 2.45) is 16.8 Å². The van der Waals surface area contributed by atoms with Gasteiger partial charge in [-0.1, -0.05) is 30.3 Å². The summed E-state index contributed by atoms with van der Waals surface area (Å²) in [5.74, 6) is 6.42. The average Bonchev–Trinajstić information content (AvgIpc) is 1.67. The molecule has 0 aliphatic rings. The standard InChI is InChI=1S/C17H13N3O2S.C17H14N2O3S.C15H9N3O2S.C15H16N2O2S.C7H8N2O2.C6H6OS.Cl3OP.ClH2NO.Li.H2O/c1-2-22-17(21)12-5-7-14(8-6-12)20-11-13(10-18)16(19-20)15-4-3-9-23-15;1-2-22-17(21)12-5-7-14(8-6-12)19-10-13(11-20)16(18-19)15-4-3-9-23-15;16-8-11-9-18(17-14(11)13-2-1-7-21-13)12-5-3-10(4-6-12)15(19)20;1-3-19-15(18)12-6-8-13(9-7-12)17-16-11(2)14-5-4-10-20-14;8-9-6-3-1-5(2-4-6)7(10)11;1-5(7)6-3-2-4-8-6;1-5(2,3)4;1-3-2;;/h3-9,11H,2H2,1H3;3-11H,2H2,1H3;1-7,9H,(H,19,20);4-10,17H,3H2,1-2H3;1-4,9H,8H2,(H,10,11);2-4H,1H3;;2H2;;1H2/q;;;;;;;;+1;/p-1/b;;;16-11+;;;;;;. The molecule has 0 radical (unpaired) electrons. The van der Waals surface area contributed by atoms with Gasteiger partial charge in [0.15, 0.2) is 12.1 Å². The van der Waals surface area contributed by atoms with E-state index in [1.54, 1.807) is 169 Å². The summed E-state index contributed by atoms with van der Waals surface area (Å²) in [4.78, 5) is 82.6. The number of anilines is 2. The summed E-state index contributed by atoms with van der Waals surface area (Å²) in [5.41, 5.74) is 15.5. The molecule has 596 valence electrons. The van der Waals surface area contributed by atoms with E-state index in [4.69, 9.17) is 30.3 Å². The molecule has 13 aromatic rings. The Morgan fingerprint density at radius 1 is 0.517 bits per heavy atom. The largest absolute Gasteiger partial charge is 1.00 e. The maximum Gasteiger partial charge on any atom is 1.00 e. The number of aldehydes is 1. The van der Waals surface area contributed by atoms with Crippen molar-refractivity contribution in [3.05, 3.63) is 282 Å². The van der Waals surface area contributed by atoms with Gasteiger partial charge in [0.1, 0.15) is 29.2 Å². The molecular weight excluding hydrogens is 1690 g/mol. The molecule has 5 aromatic carbocycles. The molecule has 8 heterocycles. The van der Waals surface area contributed by atoms with E-state index in [0.29, 0.717) is 81.7 Å². The van der Waals surface area contributed by atoms with Crippen molar-refractivity contribution in [2.75, 3.05) is 30.7 Å². The van der Waals surface area contributed by atoms with Crippen LogP contribution < -0.4 is 41.5 Å². The Balaban J connectivity index is 0.000000293. The molecule has 0 bridgehead atoms. The summed E-state index contributed by atoms with van der Waals surface area (Å²) in [6.07, 6.45) is 5.81. The first kappa shape index (κ1) is 97.4. The van der Waals surface area contributed by atoms with E-state index in [2.05, 4.69) is 99.3 Å². The molecule has 9 N–H and O–H groups in total. The monoisotopic (exact) mass is 1750 g/mol. The number of Topliss-reactive ketones (excluding diaryl/α,β-unsaturated/α-hetero) is 1. The Labute approximate surface area is 716 Å². The fourth-order valence-corrected chi connectivity index (χ4v) is 12.5. The van der Waals surface area contributed by atoms with Crippen LogP contribution in [0.25, 0.3) is 48.8 Å². The number of nitrogens with zero attached hydrogens (tertiary/aromatic N) is 9. The predicted octanol–water partition coefficient (Wildman–Crippen LogP) is 16.5. The van der Waals surface area contributed by atoms with Crippen LogP contribution in [0.2, 0.25) is 0 Å². The van der Waals surface area contributed by atoms with Crippen molar-refractivity contribution in [1.29, 1.82) is 10.5 Å². The zero-order valence-corrected chi connectivity index (χ0v) is 70.1. The molecule has 0 saturated heterocycles.